The van der Waals surface area contributed by atoms with Gasteiger partial charge in [-0.2, -0.15) is 0 Å². The lowest BCUT2D eigenvalue weighted by molar-refractivity contribution is -0.142. The number of aromatic nitrogens is 1. The lowest BCUT2D eigenvalue weighted by atomic mass is 10.0. The van der Waals surface area contributed by atoms with Crippen molar-refractivity contribution in [1.82, 2.24) is 10.3 Å². The molecule has 1 heterocycles. The van der Waals surface area contributed by atoms with Crippen molar-refractivity contribution >= 4 is 17.5 Å². The van der Waals surface area contributed by atoms with Crippen molar-refractivity contribution in [3.05, 3.63) is 53.7 Å². The first-order chi connectivity index (χ1) is 13.6. The SMILES string of the molecule is COC(C)(C)C(=O)NC(Cc1ccc(N)nc1)C(=O)COc1c(F)cccc1F. The van der Waals surface area contributed by atoms with Gasteiger partial charge in [-0.05, 0) is 37.6 Å². The van der Waals surface area contributed by atoms with Gasteiger partial charge in [-0.15, -0.1) is 0 Å². The number of hydrogen-bond acceptors (Lipinski definition) is 6. The quantitative estimate of drug-likeness (QED) is 0.659. The third kappa shape index (κ3) is 5.95. The van der Waals surface area contributed by atoms with E-state index in [0.717, 1.165) is 12.1 Å². The van der Waals surface area contributed by atoms with Crippen LogP contribution in [0.3, 0.4) is 0 Å². The first kappa shape index (κ1) is 22.2. The van der Waals surface area contributed by atoms with E-state index in [1.807, 2.05) is 0 Å². The zero-order chi connectivity index (χ0) is 21.6. The van der Waals surface area contributed by atoms with Crippen LogP contribution in [0.2, 0.25) is 0 Å². The fourth-order valence-electron chi connectivity index (χ4n) is 2.33. The second-order valence-corrected chi connectivity index (χ2v) is 6.84. The second kappa shape index (κ2) is 9.42. The fourth-order valence-corrected chi connectivity index (χ4v) is 2.33. The average molecular weight is 407 g/mol. The Morgan fingerprint density at radius 1 is 1.21 bits per heavy atom. The van der Waals surface area contributed by atoms with E-state index in [-0.39, 0.29) is 6.42 Å². The number of nitrogens with one attached hydrogen (secondary N) is 1. The Bertz CT molecular complexity index is 852. The van der Waals surface area contributed by atoms with Gasteiger partial charge in [0.25, 0.3) is 5.91 Å². The van der Waals surface area contributed by atoms with E-state index in [4.69, 9.17) is 15.2 Å². The highest BCUT2D eigenvalue weighted by Gasteiger charge is 2.31. The predicted octanol–water partition coefficient (Wildman–Crippen LogP) is 2.04. The Labute approximate surface area is 167 Å². The first-order valence-electron chi connectivity index (χ1n) is 8.80. The number of nitrogen functional groups attached to an aromatic ring is 1. The van der Waals surface area contributed by atoms with Crippen LogP contribution in [-0.4, -0.2) is 42.0 Å². The van der Waals surface area contributed by atoms with Gasteiger partial charge in [0.2, 0.25) is 0 Å². The number of carbonyl (C=O) groups excluding carboxylic acids is 2. The van der Waals surface area contributed by atoms with Crippen LogP contribution in [-0.2, 0) is 20.7 Å². The van der Waals surface area contributed by atoms with Gasteiger partial charge in [-0.1, -0.05) is 12.1 Å². The fraction of sp³-hybridized carbons (Fsp3) is 0.350. The summed E-state index contributed by atoms with van der Waals surface area (Å²) in [6.45, 7) is 2.44. The number of nitrogens with zero attached hydrogens (tertiary/aromatic N) is 1. The predicted molar refractivity (Wildman–Crippen MR) is 102 cm³/mol. The second-order valence-electron chi connectivity index (χ2n) is 6.84. The zero-order valence-corrected chi connectivity index (χ0v) is 16.4. The Kier molecular flexibility index (Phi) is 7.22. The largest absolute Gasteiger partial charge is 0.480 e. The summed E-state index contributed by atoms with van der Waals surface area (Å²) in [7, 11) is 1.37. The number of hydrogen-bond donors (Lipinski definition) is 2. The van der Waals surface area contributed by atoms with Gasteiger partial charge >= 0.3 is 0 Å². The van der Waals surface area contributed by atoms with E-state index in [1.165, 1.54) is 19.4 Å². The zero-order valence-electron chi connectivity index (χ0n) is 16.4. The number of para-hydroxylation sites is 1. The van der Waals surface area contributed by atoms with Gasteiger partial charge in [0.05, 0.1) is 6.04 Å². The molecule has 2 aromatic rings. The highest BCUT2D eigenvalue weighted by molar-refractivity contribution is 5.92. The summed E-state index contributed by atoms with van der Waals surface area (Å²) in [5, 5.41) is 2.60. The molecular formula is C20H23F2N3O4. The molecule has 156 valence electrons. The monoisotopic (exact) mass is 407 g/mol. The summed E-state index contributed by atoms with van der Waals surface area (Å²) < 4.78 is 37.6. The molecule has 0 aliphatic heterocycles. The Morgan fingerprint density at radius 3 is 2.41 bits per heavy atom. The molecule has 1 amide bonds. The number of nitrogens with two attached hydrogens (primary N) is 1. The van der Waals surface area contributed by atoms with Crippen molar-refractivity contribution in [1.29, 1.82) is 0 Å². The maximum absolute atomic E-state index is 13.7. The molecule has 2 rings (SSSR count). The topological polar surface area (TPSA) is 104 Å². The van der Waals surface area contributed by atoms with Crippen molar-refractivity contribution in [2.24, 2.45) is 0 Å². The number of pyridine rings is 1. The average Bonchev–Trinajstić information content (AvgIpc) is 2.68. The minimum absolute atomic E-state index is 0.0841. The van der Waals surface area contributed by atoms with Crippen LogP contribution >= 0.6 is 0 Å². The van der Waals surface area contributed by atoms with Gasteiger partial charge in [-0.3, -0.25) is 9.59 Å². The number of ether oxygens (including phenoxy) is 2. The summed E-state index contributed by atoms with van der Waals surface area (Å²) in [6.07, 6.45) is 1.56. The van der Waals surface area contributed by atoms with E-state index in [9.17, 15) is 18.4 Å². The van der Waals surface area contributed by atoms with E-state index < -0.39 is 47.3 Å². The van der Waals surface area contributed by atoms with Gasteiger partial charge in [-0.25, -0.2) is 13.8 Å². The lowest BCUT2D eigenvalue weighted by Crippen LogP contribution is -2.52. The van der Waals surface area contributed by atoms with Crippen LogP contribution in [0.5, 0.6) is 5.75 Å². The molecule has 1 aromatic heterocycles. The number of ketones is 1. The molecule has 1 unspecified atom stereocenters. The summed E-state index contributed by atoms with van der Waals surface area (Å²) in [5.74, 6) is -3.32. The molecule has 1 atom stereocenters. The summed E-state index contributed by atoms with van der Waals surface area (Å²) in [4.78, 5) is 29.1. The number of rotatable bonds is 9. The highest BCUT2D eigenvalue weighted by atomic mass is 19.1. The third-order valence-corrected chi connectivity index (χ3v) is 4.32. The van der Waals surface area contributed by atoms with Gasteiger partial charge < -0.3 is 20.5 Å². The van der Waals surface area contributed by atoms with Crippen molar-refractivity contribution in [2.75, 3.05) is 19.5 Å². The number of benzene rings is 1. The number of carbonyl (C=O) groups is 2. The van der Waals surface area contributed by atoms with Crippen LogP contribution in [0.25, 0.3) is 0 Å². The molecule has 0 saturated carbocycles. The highest BCUT2D eigenvalue weighted by Crippen LogP contribution is 2.21. The van der Waals surface area contributed by atoms with Crippen molar-refractivity contribution in [3.8, 4) is 5.75 Å². The molecule has 1 aromatic carbocycles. The van der Waals surface area contributed by atoms with E-state index in [2.05, 4.69) is 10.3 Å². The van der Waals surface area contributed by atoms with Crippen LogP contribution in [0.4, 0.5) is 14.6 Å². The minimum atomic E-state index is -1.18. The van der Waals surface area contributed by atoms with Crippen LogP contribution in [0, 0.1) is 11.6 Å². The van der Waals surface area contributed by atoms with E-state index in [0.29, 0.717) is 11.4 Å². The normalized spacial score (nSPS) is 12.3. The number of methoxy groups -OCH3 is 1. The maximum Gasteiger partial charge on any atom is 0.252 e. The Balaban J connectivity index is 2.17. The molecule has 29 heavy (non-hydrogen) atoms. The molecular weight excluding hydrogens is 384 g/mol. The lowest BCUT2D eigenvalue weighted by Gasteiger charge is -2.26. The molecule has 0 aliphatic rings. The van der Waals surface area contributed by atoms with E-state index in [1.54, 1.807) is 26.0 Å². The molecule has 0 saturated heterocycles. The van der Waals surface area contributed by atoms with Crippen LogP contribution in [0.15, 0.2) is 36.5 Å². The van der Waals surface area contributed by atoms with Crippen LogP contribution < -0.4 is 15.8 Å². The smallest absolute Gasteiger partial charge is 0.252 e. The van der Waals surface area contributed by atoms with E-state index >= 15 is 0 Å². The first-order valence-corrected chi connectivity index (χ1v) is 8.80. The van der Waals surface area contributed by atoms with Gasteiger partial charge in [0.1, 0.15) is 18.0 Å². The summed E-state index contributed by atoms with van der Waals surface area (Å²) >= 11 is 0. The molecule has 0 spiro atoms. The maximum atomic E-state index is 13.7. The van der Waals surface area contributed by atoms with Crippen LogP contribution in [0.1, 0.15) is 19.4 Å². The standard InChI is InChI=1S/C20H23F2N3O4/c1-20(2,28-3)19(27)25-15(9-12-7-8-17(23)24-10-12)16(26)11-29-18-13(21)5-4-6-14(18)22/h4-8,10,15H,9,11H2,1-3H3,(H2,23,24)(H,25,27). The molecule has 7 nitrogen and oxygen atoms in total. The molecule has 0 fully saturated rings. The third-order valence-electron chi connectivity index (χ3n) is 4.32. The Morgan fingerprint density at radius 2 is 1.86 bits per heavy atom. The van der Waals surface area contributed by atoms with Gasteiger partial charge in [0, 0.05) is 19.7 Å². The summed E-state index contributed by atoms with van der Waals surface area (Å²) in [5.41, 5.74) is 5.00. The molecule has 0 radical (unpaired) electrons. The van der Waals surface area contributed by atoms with Crippen molar-refractivity contribution in [3.63, 3.8) is 0 Å². The number of amides is 1. The Hall–Kier alpha value is -3.07. The number of halogens is 2. The number of anilines is 1. The molecule has 0 bridgehead atoms. The number of Topliss-reactive ketones (excluding diaryl/α,β-unsaturated/α-hetero) is 1. The molecule has 0 aliphatic carbocycles. The van der Waals surface area contributed by atoms with Crippen molar-refractivity contribution in [2.45, 2.75) is 31.9 Å². The molecule has 3 N–H and O–H groups in total. The summed E-state index contributed by atoms with van der Waals surface area (Å²) in [6, 6.07) is 5.41. The molecule has 9 heteroatoms. The minimum Gasteiger partial charge on any atom is -0.480 e. The van der Waals surface area contributed by atoms with Gasteiger partial charge in [0.15, 0.2) is 23.2 Å². The van der Waals surface area contributed by atoms with Crippen molar-refractivity contribution < 1.29 is 27.8 Å².